The Morgan fingerprint density at radius 1 is 1.40 bits per heavy atom. The van der Waals surface area contributed by atoms with Gasteiger partial charge < -0.3 is 14.3 Å². The number of hydrogen-bond donors (Lipinski definition) is 0. The van der Waals surface area contributed by atoms with Crippen LogP contribution in [0.4, 0.5) is 0 Å². The fourth-order valence-corrected chi connectivity index (χ4v) is 3.00. The summed E-state index contributed by atoms with van der Waals surface area (Å²) in [6.07, 6.45) is 3.39. The van der Waals surface area contributed by atoms with Gasteiger partial charge in [-0.1, -0.05) is 5.16 Å². The summed E-state index contributed by atoms with van der Waals surface area (Å²) in [5.74, 6) is 0.993. The van der Waals surface area contributed by atoms with E-state index in [1.807, 2.05) is 4.90 Å². The Hall–Kier alpha value is -1.92. The second kappa shape index (κ2) is 5.22. The van der Waals surface area contributed by atoms with E-state index in [1.54, 1.807) is 11.9 Å². The first-order valence-electron chi connectivity index (χ1n) is 6.94. The van der Waals surface area contributed by atoms with Crippen LogP contribution in [0, 0.1) is 5.92 Å². The molecule has 2 saturated heterocycles. The van der Waals surface area contributed by atoms with Crippen LogP contribution in [-0.4, -0.2) is 58.4 Å². The van der Waals surface area contributed by atoms with E-state index in [-0.39, 0.29) is 23.7 Å². The molecule has 1 aromatic heterocycles. The molecule has 3 heterocycles. The van der Waals surface area contributed by atoms with Crippen molar-refractivity contribution in [3.63, 3.8) is 0 Å². The van der Waals surface area contributed by atoms with Gasteiger partial charge in [-0.2, -0.15) is 4.98 Å². The minimum Gasteiger partial charge on any atom is -0.345 e. The Labute approximate surface area is 116 Å². The van der Waals surface area contributed by atoms with Crippen LogP contribution in [0.1, 0.15) is 31.0 Å². The van der Waals surface area contributed by atoms with Gasteiger partial charge in [0.15, 0.2) is 5.82 Å². The monoisotopic (exact) mass is 278 g/mol. The molecule has 0 aromatic carbocycles. The van der Waals surface area contributed by atoms with Crippen molar-refractivity contribution in [3.8, 4) is 0 Å². The van der Waals surface area contributed by atoms with Crippen LogP contribution >= 0.6 is 0 Å². The van der Waals surface area contributed by atoms with Crippen molar-refractivity contribution in [2.75, 3.05) is 26.7 Å². The molecule has 0 spiro atoms. The lowest BCUT2D eigenvalue weighted by Gasteiger charge is -2.32. The minimum atomic E-state index is -0.172. The summed E-state index contributed by atoms with van der Waals surface area (Å²) in [7, 11) is 1.75. The number of nitrogens with zero attached hydrogens (tertiary/aromatic N) is 4. The van der Waals surface area contributed by atoms with Gasteiger partial charge in [0.2, 0.25) is 18.2 Å². The molecule has 0 saturated carbocycles. The first-order valence-corrected chi connectivity index (χ1v) is 6.94. The molecular weight excluding hydrogens is 260 g/mol. The summed E-state index contributed by atoms with van der Waals surface area (Å²) in [5, 5.41) is 3.87. The second-order valence-electron chi connectivity index (χ2n) is 5.56. The van der Waals surface area contributed by atoms with Gasteiger partial charge in [-0.3, -0.25) is 9.59 Å². The zero-order chi connectivity index (χ0) is 14.1. The fourth-order valence-electron chi connectivity index (χ4n) is 3.00. The maximum atomic E-state index is 12.4. The number of rotatable bonds is 2. The van der Waals surface area contributed by atoms with E-state index >= 15 is 0 Å². The van der Waals surface area contributed by atoms with E-state index in [9.17, 15) is 9.59 Å². The van der Waals surface area contributed by atoms with Gasteiger partial charge in [0, 0.05) is 39.0 Å². The lowest BCUT2D eigenvalue weighted by atomic mass is 9.95. The fraction of sp³-hybridized carbons (Fsp3) is 0.692. The summed E-state index contributed by atoms with van der Waals surface area (Å²) in [6.45, 7) is 1.95. The third kappa shape index (κ3) is 2.39. The van der Waals surface area contributed by atoms with E-state index in [0.29, 0.717) is 26.1 Å². The minimum absolute atomic E-state index is 0.0602. The molecule has 7 heteroatoms. The van der Waals surface area contributed by atoms with E-state index in [2.05, 4.69) is 10.1 Å². The Morgan fingerprint density at radius 2 is 2.15 bits per heavy atom. The number of hydrogen-bond acceptors (Lipinski definition) is 5. The van der Waals surface area contributed by atoms with Crippen molar-refractivity contribution in [2.24, 2.45) is 5.92 Å². The summed E-state index contributed by atoms with van der Waals surface area (Å²) < 4.78 is 4.76. The van der Waals surface area contributed by atoms with Crippen LogP contribution in [0.5, 0.6) is 0 Å². The molecule has 2 aliphatic rings. The van der Waals surface area contributed by atoms with Crippen LogP contribution in [0.2, 0.25) is 0 Å². The molecule has 7 nitrogen and oxygen atoms in total. The quantitative estimate of drug-likeness (QED) is 0.775. The Kier molecular flexibility index (Phi) is 3.42. The number of aromatic nitrogens is 2. The zero-order valence-corrected chi connectivity index (χ0v) is 11.5. The molecule has 1 atom stereocenters. The normalized spacial score (nSPS) is 24.4. The summed E-state index contributed by atoms with van der Waals surface area (Å²) in [4.78, 5) is 31.5. The van der Waals surface area contributed by atoms with E-state index in [0.717, 1.165) is 18.7 Å². The summed E-state index contributed by atoms with van der Waals surface area (Å²) in [6, 6.07) is 0. The van der Waals surface area contributed by atoms with Gasteiger partial charge in [-0.05, 0) is 12.8 Å². The zero-order valence-electron chi connectivity index (χ0n) is 11.5. The van der Waals surface area contributed by atoms with E-state index in [4.69, 9.17) is 4.52 Å². The highest BCUT2D eigenvalue weighted by molar-refractivity contribution is 5.89. The van der Waals surface area contributed by atoms with Crippen LogP contribution in [-0.2, 0) is 9.59 Å². The van der Waals surface area contributed by atoms with Crippen molar-refractivity contribution < 1.29 is 14.1 Å². The smallest absolute Gasteiger partial charge is 0.227 e. The first kappa shape index (κ1) is 13.1. The van der Waals surface area contributed by atoms with Crippen LogP contribution in [0.15, 0.2) is 10.9 Å². The molecular formula is C13H18N4O3. The Bertz CT molecular complexity index is 494. The molecule has 2 fully saturated rings. The maximum absolute atomic E-state index is 12.4. The van der Waals surface area contributed by atoms with Crippen LogP contribution < -0.4 is 0 Å². The molecule has 2 aliphatic heterocycles. The van der Waals surface area contributed by atoms with Gasteiger partial charge in [0.25, 0.3) is 0 Å². The predicted molar refractivity (Wildman–Crippen MR) is 68.6 cm³/mol. The van der Waals surface area contributed by atoms with E-state index in [1.165, 1.54) is 6.39 Å². The second-order valence-corrected chi connectivity index (χ2v) is 5.56. The predicted octanol–water partition coefficient (Wildman–Crippen LogP) is 0.254. The van der Waals surface area contributed by atoms with Gasteiger partial charge in [-0.15, -0.1) is 0 Å². The molecule has 0 radical (unpaired) electrons. The van der Waals surface area contributed by atoms with Gasteiger partial charge in [0.1, 0.15) is 0 Å². The topological polar surface area (TPSA) is 79.5 Å². The maximum Gasteiger partial charge on any atom is 0.227 e. The third-order valence-corrected chi connectivity index (χ3v) is 4.24. The van der Waals surface area contributed by atoms with Crippen LogP contribution in [0.25, 0.3) is 0 Å². The van der Waals surface area contributed by atoms with Crippen molar-refractivity contribution in [2.45, 2.75) is 25.2 Å². The average Bonchev–Trinajstić information content (AvgIpc) is 3.09. The number of likely N-dealkylation sites (tertiary alicyclic amines) is 2. The SMILES string of the molecule is CN1C[C@H](C(=O)N2CCC(c3ncon3)CC2)CC1=O. The lowest BCUT2D eigenvalue weighted by Crippen LogP contribution is -2.42. The number of carbonyl (C=O) groups is 2. The Balaban J connectivity index is 1.56. The first-order chi connectivity index (χ1) is 9.65. The molecule has 108 valence electrons. The van der Waals surface area contributed by atoms with Crippen LogP contribution in [0.3, 0.4) is 0 Å². The molecule has 20 heavy (non-hydrogen) atoms. The highest BCUT2D eigenvalue weighted by atomic mass is 16.5. The average molecular weight is 278 g/mol. The molecule has 0 unspecified atom stereocenters. The van der Waals surface area contributed by atoms with Crippen molar-refractivity contribution >= 4 is 11.8 Å². The third-order valence-electron chi connectivity index (χ3n) is 4.24. The number of piperidine rings is 1. The molecule has 3 rings (SSSR count). The van der Waals surface area contributed by atoms with Gasteiger partial charge in [0.05, 0.1) is 5.92 Å². The van der Waals surface area contributed by atoms with E-state index < -0.39 is 0 Å². The van der Waals surface area contributed by atoms with Gasteiger partial charge in [-0.25, -0.2) is 0 Å². The molecule has 0 bridgehead atoms. The molecule has 2 amide bonds. The standard InChI is InChI=1S/C13H18N4O3/c1-16-7-10(6-11(16)18)13(19)17-4-2-9(3-5-17)12-14-8-20-15-12/h8-10H,2-7H2,1H3/t10-/m1/s1. The summed E-state index contributed by atoms with van der Waals surface area (Å²) in [5.41, 5.74) is 0. The van der Waals surface area contributed by atoms with Crippen molar-refractivity contribution in [3.05, 3.63) is 12.2 Å². The van der Waals surface area contributed by atoms with Crippen molar-refractivity contribution in [1.29, 1.82) is 0 Å². The van der Waals surface area contributed by atoms with Gasteiger partial charge >= 0.3 is 0 Å². The molecule has 0 N–H and O–H groups in total. The lowest BCUT2D eigenvalue weighted by molar-refractivity contribution is -0.136. The molecule has 1 aromatic rings. The number of carbonyl (C=O) groups excluding carboxylic acids is 2. The van der Waals surface area contributed by atoms with Crippen molar-refractivity contribution in [1.82, 2.24) is 19.9 Å². The number of amides is 2. The highest BCUT2D eigenvalue weighted by Gasteiger charge is 2.36. The summed E-state index contributed by atoms with van der Waals surface area (Å²) >= 11 is 0. The largest absolute Gasteiger partial charge is 0.345 e. The highest BCUT2D eigenvalue weighted by Crippen LogP contribution is 2.27. The Morgan fingerprint density at radius 3 is 2.70 bits per heavy atom. The molecule has 0 aliphatic carbocycles.